The maximum absolute atomic E-state index is 11.9. The average molecular weight is 253 g/mol. The van der Waals surface area contributed by atoms with E-state index in [-0.39, 0.29) is 11.7 Å². The maximum Gasteiger partial charge on any atom is 0.236 e. The third-order valence-electron chi connectivity index (χ3n) is 2.16. The van der Waals surface area contributed by atoms with Crippen LogP contribution in [0.2, 0.25) is 0 Å². The Morgan fingerprint density at radius 1 is 1.47 bits per heavy atom. The van der Waals surface area contributed by atoms with Gasteiger partial charge in [-0.3, -0.25) is 4.31 Å². The molecule has 0 saturated heterocycles. The molecule has 6 heteroatoms. The Morgan fingerprint density at radius 2 is 2.12 bits per heavy atom. The Hall–Kier alpha value is -1.61. The molecular weight excluding hydrogens is 238 g/mol. The molecule has 1 rings (SSSR count). The Morgan fingerprint density at radius 3 is 2.53 bits per heavy atom. The third kappa shape index (κ3) is 3.43. The predicted molar refractivity (Wildman–Crippen MR) is 66.0 cm³/mol. The van der Waals surface area contributed by atoms with Crippen LogP contribution >= 0.6 is 0 Å². The molecule has 1 aromatic rings. The van der Waals surface area contributed by atoms with E-state index in [0.29, 0.717) is 11.4 Å². The highest BCUT2D eigenvalue weighted by molar-refractivity contribution is 7.92. The van der Waals surface area contributed by atoms with Crippen LogP contribution in [0.3, 0.4) is 0 Å². The molecule has 5 nitrogen and oxygen atoms in total. The van der Waals surface area contributed by atoms with Gasteiger partial charge in [-0.05, 0) is 18.1 Å². The van der Waals surface area contributed by atoms with E-state index < -0.39 is 10.0 Å². The quantitative estimate of drug-likeness (QED) is 0.812. The fourth-order valence-electron chi connectivity index (χ4n) is 1.31. The average Bonchev–Trinajstić information content (AvgIpc) is 2.26. The second kappa shape index (κ2) is 5.15. The Kier molecular flexibility index (Phi) is 4.07. The second-order valence-electron chi connectivity index (χ2n) is 4.16. The molecule has 0 saturated carbocycles. The Bertz CT molecular complexity index is 515. The molecule has 0 fully saturated rings. The first-order chi connectivity index (χ1) is 7.86. The first-order valence-corrected chi connectivity index (χ1v) is 6.80. The fraction of sp³-hybridized carbons (Fsp3) is 0.455. The molecule has 0 aliphatic heterocycles. The van der Waals surface area contributed by atoms with Crippen LogP contribution < -0.4 is 4.31 Å². The number of hydrogen-bond acceptors (Lipinski definition) is 4. The molecule has 1 aromatic heterocycles. The number of aromatic nitrogens is 1. The summed E-state index contributed by atoms with van der Waals surface area (Å²) in [5, 5.41) is 8.62. The van der Waals surface area contributed by atoms with E-state index in [0.717, 1.165) is 4.31 Å². The molecule has 0 atom stereocenters. The molecule has 0 unspecified atom stereocenters. The molecule has 0 N–H and O–H groups in total. The number of rotatable bonds is 4. The number of nitrogens with zero attached hydrogens (tertiary/aromatic N) is 3. The van der Waals surface area contributed by atoms with Crippen molar-refractivity contribution in [2.24, 2.45) is 5.92 Å². The Balaban J connectivity index is 2.96. The van der Waals surface area contributed by atoms with Crippen molar-refractivity contribution in [2.45, 2.75) is 13.8 Å². The predicted octanol–water partition coefficient (Wildman–Crippen LogP) is 1.38. The smallest absolute Gasteiger partial charge is 0.236 e. The molecule has 0 amide bonds. The minimum absolute atomic E-state index is 0.0563. The lowest BCUT2D eigenvalue weighted by molar-refractivity contribution is 0.580. The maximum atomic E-state index is 11.9. The van der Waals surface area contributed by atoms with E-state index in [9.17, 15) is 8.42 Å². The van der Waals surface area contributed by atoms with Gasteiger partial charge in [-0.15, -0.1) is 0 Å². The third-order valence-corrected chi connectivity index (χ3v) is 4.27. The van der Waals surface area contributed by atoms with E-state index in [2.05, 4.69) is 4.98 Å². The van der Waals surface area contributed by atoms with E-state index >= 15 is 0 Å². The highest BCUT2D eigenvalue weighted by Gasteiger charge is 2.20. The highest BCUT2D eigenvalue weighted by atomic mass is 32.2. The van der Waals surface area contributed by atoms with Crippen LogP contribution in [0.25, 0.3) is 0 Å². The number of sulfonamides is 1. The monoisotopic (exact) mass is 253 g/mol. The summed E-state index contributed by atoms with van der Waals surface area (Å²) in [6.07, 6.45) is 1.36. The molecule has 0 radical (unpaired) electrons. The van der Waals surface area contributed by atoms with Crippen molar-refractivity contribution in [3.8, 4) is 6.07 Å². The summed E-state index contributed by atoms with van der Waals surface area (Å²) in [6.45, 7) is 3.69. The number of pyridine rings is 1. The van der Waals surface area contributed by atoms with Crippen LogP contribution in [-0.2, 0) is 10.0 Å². The van der Waals surface area contributed by atoms with Crippen molar-refractivity contribution in [1.29, 1.82) is 5.26 Å². The highest BCUT2D eigenvalue weighted by Crippen LogP contribution is 2.15. The van der Waals surface area contributed by atoms with Gasteiger partial charge in [-0.1, -0.05) is 13.8 Å². The second-order valence-corrected chi connectivity index (χ2v) is 6.20. The lowest BCUT2D eigenvalue weighted by Crippen LogP contribution is -2.31. The molecule has 1 heterocycles. The van der Waals surface area contributed by atoms with Gasteiger partial charge in [-0.25, -0.2) is 13.4 Å². The van der Waals surface area contributed by atoms with Gasteiger partial charge < -0.3 is 0 Å². The zero-order valence-electron chi connectivity index (χ0n) is 10.1. The van der Waals surface area contributed by atoms with Gasteiger partial charge in [0, 0.05) is 13.2 Å². The van der Waals surface area contributed by atoms with Crippen LogP contribution in [0.15, 0.2) is 18.3 Å². The standard InChI is InChI=1S/C11H15N3O2S/c1-9(2)8-17(15,16)14(3)11-5-4-10(6-12)7-13-11/h4-5,7,9H,8H2,1-3H3. The van der Waals surface area contributed by atoms with Crippen LogP contribution in [0, 0.1) is 17.2 Å². The van der Waals surface area contributed by atoms with Crippen molar-refractivity contribution in [3.63, 3.8) is 0 Å². The van der Waals surface area contributed by atoms with Gasteiger partial charge >= 0.3 is 0 Å². The summed E-state index contributed by atoms with van der Waals surface area (Å²) in [7, 11) is -1.88. The molecule has 0 aromatic carbocycles. The zero-order chi connectivity index (χ0) is 13.1. The van der Waals surface area contributed by atoms with Crippen LogP contribution in [0.1, 0.15) is 19.4 Å². The summed E-state index contributed by atoms with van der Waals surface area (Å²) in [5.41, 5.74) is 0.406. The molecule has 0 bridgehead atoms. The summed E-state index contributed by atoms with van der Waals surface area (Å²) in [5.74, 6) is 0.455. The van der Waals surface area contributed by atoms with Crippen LogP contribution in [0.5, 0.6) is 0 Å². The van der Waals surface area contributed by atoms with Crippen molar-refractivity contribution in [3.05, 3.63) is 23.9 Å². The van der Waals surface area contributed by atoms with Gasteiger partial charge in [0.05, 0.1) is 11.3 Å². The lowest BCUT2D eigenvalue weighted by atomic mass is 10.3. The fourth-order valence-corrected chi connectivity index (χ4v) is 2.77. The molecule has 0 spiro atoms. The van der Waals surface area contributed by atoms with Crippen molar-refractivity contribution >= 4 is 15.8 Å². The molecule has 0 aliphatic carbocycles. The molecular formula is C11H15N3O2S. The first kappa shape index (κ1) is 13.5. The van der Waals surface area contributed by atoms with Gasteiger partial charge in [-0.2, -0.15) is 5.26 Å². The summed E-state index contributed by atoms with van der Waals surface area (Å²) in [4.78, 5) is 3.95. The zero-order valence-corrected chi connectivity index (χ0v) is 10.9. The van der Waals surface area contributed by atoms with Gasteiger partial charge in [0.2, 0.25) is 10.0 Å². The van der Waals surface area contributed by atoms with Crippen molar-refractivity contribution < 1.29 is 8.42 Å². The minimum Gasteiger partial charge on any atom is -0.257 e. The van der Waals surface area contributed by atoms with Crippen LogP contribution in [0.4, 0.5) is 5.82 Å². The minimum atomic E-state index is -3.34. The normalized spacial score (nSPS) is 11.2. The molecule has 17 heavy (non-hydrogen) atoms. The number of anilines is 1. The molecule has 0 aliphatic rings. The topological polar surface area (TPSA) is 74.1 Å². The first-order valence-electron chi connectivity index (χ1n) is 5.19. The summed E-state index contributed by atoms with van der Waals surface area (Å²) < 4.78 is 25.0. The summed E-state index contributed by atoms with van der Waals surface area (Å²) >= 11 is 0. The van der Waals surface area contributed by atoms with Gasteiger partial charge in [0.25, 0.3) is 0 Å². The SMILES string of the molecule is CC(C)CS(=O)(=O)N(C)c1ccc(C#N)cn1. The van der Waals surface area contributed by atoms with Crippen molar-refractivity contribution in [2.75, 3.05) is 17.1 Å². The Labute approximate surface area is 102 Å². The van der Waals surface area contributed by atoms with Crippen LogP contribution in [-0.4, -0.2) is 26.2 Å². The largest absolute Gasteiger partial charge is 0.257 e. The summed E-state index contributed by atoms with van der Waals surface area (Å²) in [6, 6.07) is 5.00. The van der Waals surface area contributed by atoms with Crippen molar-refractivity contribution in [1.82, 2.24) is 4.98 Å². The van der Waals surface area contributed by atoms with E-state index in [4.69, 9.17) is 5.26 Å². The van der Waals surface area contributed by atoms with Gasteiger partial charge in [0.1, 0.15) is 11.9 Å². The van der Waals surface area contributed by atoms with Gasteiger partial charge in [0.15, 0.2) is 0 Å². The van der Waals surface area contributed by atoms with E-state index in [1.807, 2.05) is 19.9 Å². The number of nitriles is 1. The number of hydrogen-bond donors (Lipinski definition) is 0. The van der Waals surface area contributed by atoms with E-state index in [1.54, 1.807) is 6.07 Å². The lowest BCUT2D eigenvalue weighted by Gasteiger charge is -2.19. The molecule has 92 valence electrons. The van der Waals surface area contributed by atoms with E-state index in [1.165, 1.54) is 19.3 Å².